The van der Waals surface area contributed by atoms with Gasteiger partial charge >= 0.3 is 0 Å². The predicted octanol–water partition coefficient (Wildman–Crippen LogP) is 3.17. The van der Waals surface area contributed by atoms with Crippen LogP contribution in [0.4, 0.5) is 0 Å². The third kappa shape index (κ3) is 3.34. The van der Waals surface area contributed by atoms with Crippen LogP contribution in [0, 0.1) is 0 Å². The fourth-order valence-electron chi connectivity index (χ4n) is 2.18. The highest BCUT2D eigenvalue weighted by atomic mass is 35.5. The van der Waals surface area contributed by atoms with Crippen LogP contribution in [0.25, 0.3) is 10.8 Å². The summed E-state index contributed by atoms with van der Waals surface area (Å²) in [6.45, 7) is 4.01. The van der Waals surface area contributed by atoms with E-state index in [4.69, 9.17) is 11.6 Å². The summed E-state index contributed by atoms with van der Waals surface area (Å²) < 4.78 is 0. The molecule has 0 atom stereocenters. The Labute approximate surface area is 129 Å². The number of hydrogen-bond donors (Lipinski definition) is 2. The number of hydrogen-bond acceptors (Lipinski definition) is 3. The fraction of sp³-hybridized carbons (Fsp3) is 0.375. The van der Waals surface area contributed by atoms with Crippen LogP contribution in [0.3, 0.4) is 0 Å². The van der Waals surface area contributed by atoms with Gasteiger partial charge in [-0.2, -0.15) is 0 Å². The molecule has 4 nitrogen and oxygen atoms in total. The van der Waals surface area contributed by atoms with Crippen LogP contribution in [0.15, 0.2) is 30.5 Å². The summed E-state index contributed by atoms with van der Waals surface area (Å²) in [4.78, 5) is 16.4. The molecule has 0 aliphatic heterocycles. The van der Waals surface area contributed by atoms with Gasteiger partial charge in [-0.3, -0.25) is 4.79 Å². The smallest absolute Gasteiger partial charge is 0.253 e. The maximum absolute atomic E-state index is 12.3. The van der Waals surface area contributed by atoms with Crippen LogP contribution in [0.1, 0.15) is 37.0 Å². The van der Waals surface area contributed by atoms with Crippen molar-refractivity contribution >= 4 is 28.3 Å². The van der Waals surface area contributed by atoms with Crippen molar-refractivity contribution in [1.82, 2.24) is 10.3 Å². The van der Waals surface area contributed by atoms with E-state index in [0.29, 0.717) is 23.6 Å². The van der Waals surface area contributed by atoms with Crippen LogP contribution in [-0.2, 0) is 0 Å². The Balaban J connectivity index is 2.27. The third-order valence-electron chi connectivity index (χ3n) is 3.89. The summed E-state index contributed by atoms with van der Waals surface area (Å²) in [5.74, 6) is -0.254. The van der Waals surface area contributed by atoms with Crippen molar-refractivity contribution in [2.45, 2.75) is 32.3 Å². The first kappa shape index (κ1) is 15.7. The maximum Gasteiger partial charge on any atom is 0.253 e. The zero-order valence-corrected chi connectivity index (χ0v) is 12.9. The second-order valence-electron chi connectivity index (χ2n) is 5.12. The number of amides is 1. The highest BCUT2D eigenvalue weighted by molar-refractivity contribution is 6.34. The van der Waals surface area contributed by atoms with E-state index in [-0.39, 0.29) is 12.5 Å². The molecule has 112 valence electrons. The normalized spacial score (nSPS) is 11.6. The highest BCUT2D eigenvalue weighted by Gasteiger charge is 2.23. The summed E-state index contributed by atoms with van der Waals surface area (Å²) in [5.41, 5.74) is -0.407. The van der Waals surface area contributed by atoms with Gasteiger partial charge in [0.2, 0.25) is 0 Å². The number of halogens is 1. The SMILES string of the molecule is CCC(O)(CC)CNC(=O)c1cnc(Cl)c2ccccc12. The fourth-order valence-corrected chi connectivity index (χ4v) is 2.39. The van der Waals surface area contributed by atoms with Crippen LogP contribution in [0.5, 0.6) is 0 Å². The summed E-state index contributed by atoms with van der Waals surface area (Å²) in [6, 6.07) is 7.37. The number of nitrogens with one attached hydrogen (secondary N) is 1. The van der Waals surface area contributed by atoms with E-state index in [0.717, 1.165) is 10.8 Å². The monoisotopic (exact) mass is 306 g/mol. The van der Waals surface area contributed by atoms with E-state index in [1.165, 1.54) is 6.20 Å². The predicted molar refractivity (Wildman–Crippen MR) is 84.6 cm³/mol. The summed E-state index contributed by atoms with van der Waals surface area (Å²) in [6.07, 6.45) is 2.64. The molecule has 1 heterocycles. The maximum atomic E-state index is 12.3. The van der Waals surface area contributed by atoms with Gasteiger partial charge in [-0.1, -0.05) is 49.7 Å². The molecule has 0 bridgehead atoms. The number of benzene rings is 1. The molecule has 1 aromatic heterocycles. The number of carbonyl (C=O) groups excluding carboxylic acids is 1. The molecule has 5 heteroatoms. The van der Waals surface area contributed by atoms with E-state index in [1.54, 1.807) is 0 Å². The number of aliphatic hydroxyl groups is 1. The standard InChI is InChI=1S/C16H19ClN2O2/c1-3-16(21,4-2)10-19-15(20)13-9-18-14(17)12-8-6-5-7-11(12)13/h5-9,21H,3-4,10H2,1-2H3,(H,19,20). The topological polar surface area (TPSA) is 62.2 Å². The zero-order chi connectivity index (χ0) is 15.5. The second kappa shape index (κ2) is 6.41. The Morgan fingerprint density at radius 3 is 2.52 bits per heavy atom. The Hall–Kier alpha value is -1.65. The van der Waals surface area contributed by atoms with Gasteiger partial charge in [-0.15, -0.1) is 0 Å². The summed E-state index contributed by atoms with van der Waals surface area (Å²) in [5, 5.41) is 14.9. The van der Waals surface area contributed by atoms with Crippen molar-refractivity contribution in [2.75, 3.05) is 6.54 Å². The zero-order valence-electron chi connectivity index (χ0n) is 12.2. The molecule has 0 spiro atoms. The summed E-state index contributed by atoms with van der Waals surface area (Å²) >= 11 is 6.05. The van der Waals surface area contributed by atoms with Gasteiger partial charge < -0.3 is 10.4 Å². The lowest BCUT2D eigenvalue weighted by Crippen LogP contribution is -2.42. The molecule has 0 aliphatic rings. The molecular formula is C16H19ClN2O2. The molecule has 1 aromatic carbocycles. The molecule has 0 unspecified atom stereocenters. The lowest BCUT2D eigenvalue weighted by atomic mass is 9.97. The van der Waals surface area contributed by atoms with Crippen LogP contribution in [-0.4, -0.2) is 28.1 Å². The molecule has 2 rings (SSSR count). The largest absolute Gasteiger partial charge is 0.388 e. The lowest BCUT2D eigenvalue weighted by molar-refractivity contribution is 0.0314. The molecule has 0 fully saturated rings. The van der Waals surface area contributed by atoms with Gasteiger partial charge in [0.1, 0.15) is 5.15 Å². The van der Waals surface area contributed by atoms with Gasteiger partial charge in [-0.05, 0) is 18.2 Å². The molecular weight excluding hydrogens is 288 g/mol. The second-order valence-corrected chi connectivity index (χ2v) is 5.48. The number of fused-ring (bicyclic) bond motifs is 1. The summed E-state index contributed by atoms with van der Waals surface area (Å²) in [7, 11) is 0. The number of aromatic nitrogens is 1. The Kier molecular flexibility index (Phi) is 4.80. The number of pyridine rings is 1. The van der Waals surface area contributed by atoms with E-state index < -0.39 is 5.60 Å². The van der Waals surface area contributed by atoms with Crippen molar-refractivity contribution in [3.8, 4) is 0 Å². The van der Waals surface area contributed by atoms with Crippen LogP contribution in [0.2, 0.25) is 5.15 Å². The molecule has 0 saturated carbocycles. The Bertz CT molecular complexity index is 654. The molecule has 0 saturated heterocycles. The Morgan fingerprint density at radius 2 is 1.90 bits per heavy atom. The molecule has 2 aromatic rings. The van der Waals surface area contributed by atoms with Gasteiger partial charge in [0.05, 0.1) is 11.2 Å². The molecule has 0 radical (unpaired) electrons. The number of rotatable bonds is 5. The minimum absolute atomic E-state index is 0.218. The van der Waals surface area contributed by atoms with Crippen LogP contribution >= 0.6 is 11.6 Å². The molecule has 2 N–H and O–H groups in total. The van der Waals surface area contributed by atoms with Gasteiger partial charge in [0.25, 0.3) is 5.91 Å². The van der Waals surface area contributed by atoms with Gasteiger partial charge in [0.15, 0.2) is 0 Å². The lowest BCUT2D eigenvalue weighted by Gasteiger charge is -2.25. The molecule has 1 amide bonds. The minimum Gasteiger partial charge on any atom is -0.388 e. The van der Waals surface area contributed by atoms with Crippen LogP contribution < -0.4 is 5.32 Å². The number of carbonyl (C=O) groups is 1. The number of nitrogens with zero attached hydrogens (tertiary/aromatic N) is 1. The average Bonchev–Trinajstić information content (AvgIpc) is 2.53. The van der Waals surface area contributed by atoms with Crippen molar-refractivity contribution in [3.63, 3.8) is 0 Å². The third-order valence-corrected chi connectivity index (χ3v) is 4.19. The van der Waals surface area contributed by atoms with Gasteiger partial charge in [-0.25, -0.2) is 4.98 Å². The quantitative estimate of drug-likeness (QED) is 0.834. The molecule has 21 heavy (non-hydrogen) atoms. The average molecular weight is 307 g/mol. The highest BCUT2D eigenvalue weighted by Crippen LogP contribution is 2.24. The first-order chi connectivity index (χ1) is 10.0. The molecule has 0 aliphatic carbocycles. The van der Waals surface area contributed by atoms with E-state index in [9.17, 15) is 9.90 Å². The van der Waals surface area contributed by atoms with Crippen molar-refractivity contribution in [1.29, 1.82) is 0 Å². The minimum atomic E-state index is -0.870. The Morgan fingerprint density at radius 1 is 1.29 bits per heavy atom. The van der Waals surface area contributed by atoms with Crippen molar-refractivity contribution in [3.05, 3.63) is 41.2 Å². The first-order valence-corrected chi connectivity index (χ1v) is 7.42. The van der Waals surface area contributed by atoms with E-state index >= 15 is 0 Å². The van der Waals surface area contributed by atoms with Gasteiger partial charge in [0, 0.05) is 18.1 Å². The first-order valence-electron chi connectivity index (χ1n) is 7.04. The van der Waals surface area contributed by atoms with Crippen molar-refractivity contribution in [2.24, 2.45) is 0 Å². The van der Waals surface area contributed by atoms with Crippen molar-refractivity contribution < 1.29 is 9.90 Å². The van der Waals surface area contributed by atoms with E-state index in [1.807, 2.05) is 38.1 Å². The van der Waals surface area contributed by atoms with E-state index in [2.05, 4.69) is 10.3 Å².